The Morgan fingerprint density at radius 3 is 2.70 bits per heavy atom. The minimum atomic E-state index is 0.420. The first kappa shape index (κ1) is 13.4. The van der Waals surface area contributed by atoms with Crippen molar-refractivity contribution in [1.82, 2.24) is 30.2 Å². The summed E-state index contributed by atoms with van der Waals surface area (Å²) in [5.41, 5.74) is 6.56. The fourth-order valence-corrected chi connectivity index (χ4v) is 3.13. The summed E-state index contributed by atoms with van der Waals surface area (Å²) in [7, 11) is 0. The van der Waals surface area contributed by atoms with Crippen LogP contribution < -0.4 is 5.73 Å². The summed E-state index contributed by atoms with van der Waals surface area (Å²) in [6.07, 6.45) is 9.21. The lowest BCUT2D eigenvalue weighted by molar-refractivity contribution is 0.423. The van der Waals surface area contributed by atoms with Crippen LogP contribution in [-0.4, -0.2) is 36.7 Å². The molecular weight excluding hydrogens is 274 g/mol. The third kappa shape index (κ3) is 2.96. The summed E-state index contributed by atoms with van der Waals surface area (Å²) in [6, 6.07) is 0.420. The molecule has 106 valence electrons. The zero-order valence-corrected chi connectivity index (χ0v) is 12.0. The average molecular weight is 291 g/mol. The molecule has 0 bridgehead atoms. The molecule has 2 N–H and O–H groups in total. The monoisotopic (exact) mass is 291 g/mol. The quantitative estimate of drug-likeness (QED) is 0.828. The topological polar surface area (TPSA) is 95.4 Å². The number of tetrazole rings is 1. The van der Waals surface area contributed by atoms with Crippen LogP contribution in [0.5, 0.6) is 0 Å². The zero-order valence-electron chi connectivity index (χ0n) is 11.1. The summed E-state index contributed by atoms with van der Waals surface area (Å²) in [5.74, 6) is 0. The van der Waals surface area contributed by atoms with Crippen molar-refractivity contribution in [3.8, 4) is 0 Å². The van der Waals surface area contributed by atoms with Gasteiger partial charge in [-0.05, 0) is 53.6 Å². The minimum absolute atomic E-state index is 0.420. The highest BCUT2D eigenvalue weighted by molar-refractivity contribution is 7.99. The van der Waals surface area contributed by atoms with Crippen LogP contribution in [0.15, 0.2) is 22.7 Å². The van der Waals surface area contributed by atoms with Crippen molar-refractivity contribution in [2.24, 2.45) is 5.73 Å². The van der Waals surface area contributed by atoms with Crippen LogP contribution in [-0.2, 0) is 6.42 Å². The maximum absolute atomic E-state index is 5.51. The standard InChI is InChI=1S/C12H17N7S/c13-6-5-9-7-14-11(15-8-9)20-12-16-17-18-19(12)10-3-1-2-4-10/h7-8,10H,1-6,13H2. The van der Waals surface area contributed by atoms with E-state index < -0.39 is 0 Å². The molecule has 0 radical (unpaired) electrons. The van der Waals surface area contributed by atoms with Gasteiger partial charge in [0.05, 0.1) is 6.04 Å². The number of aromatic nitrogens is 6. The number of rotatable bonds is 5. The van der Waals surface area contributed by atoms with Crippen LogP contribution in [0, 0.1) is 0 Å². The largest absolute Gasteiger partial charge is 0.330 e. The molecule has 20 heavy (non-hydrogen) atoms. The van der Waals surface area contributed by atoms with Crippen LogP contribution in [0.4, 0.5) is 0 Å². The van der Waals surface area contributed by atoms with E-state index in [1.165, 1.54) is 24.6 Å². The lowest BCUT2D eigenvalue weighted by atomic mass is 10.2. The van der Waals surface area contributed by atoms with E-state index in [1.807, 2.05) is 17.1 Å². The van der Waals surface area contributed by atoms with Gasteiger partial charge in [0.2, 0.25) is 5.16 Å². The van der Waals surface area contributed by atoms with Gasteiger partial charge in [0.1, 0.15) is 0 Å². The summed E-state index contributed by atoms with van der Waals surface area (Å²) in [6.45, 7) is 0.607. The van der Waals surface area contributed by atoms with E-state index in [4.69, 9.17) is 5.73 Å². The highest BCUT2D eigenvalue weighted by Crippen LogP contribution is 2.32. The SMILES string of the molecule is NCCc1cnc(Sc2nnnn2C2CCCC2)nc1. The molecule has 0 unspecified atom stereocenters. The Labute approximate surface area is 121 Å². The molecule has 0 amide bonds. The predicted octanol–water partition coefficient (Wildman–Crippen LogP) is 1.23. The number of hydrogen-bond acceptors (Lipinski definition) is 7. The summed E-state index contributed by atoms with van der Waals surface area (Å²) in [4.78, 5) is 8.65. The molecule has 0 spiro atoms. The maximum atomic E-state index is 5.51. The first-order chi connectivity index (χ1) is 9.86. The van der Waals surface area contributed by atoms with Crippen molar-refractivity contribution in [1.29, 1.82) is 0 Å². The molecule has 2 aromatic heterocycles. The maximum Gasteiger partial charge on any atom is 0.217 e. The second kappa shape index (κ2) is 6.27. The van der Waals surface area contributed by atoms with Crippen LogP contribution in [0.1, 0.15) is 37.3 Å². The van der Waals surface area contributed by atoms with E-state index in [2.05, 4.69) is 25.5 Å². The normalized spacial score (nSPS) is 15.8. The van der Waals surface area contributed by atoms with Crippen LogP contribution >= 0.6 is 11.8 Å². The van der Waals surface area contributed by atoms with Crippen molar-refractivity contribution in [2.45, 2.75) is 48.5 Å². The molecule has 3 rings (SSSR count). The summed E-state index contributed by atoms with van der Waals surface area (Å²) in [5, 5.41) is 13.4. The van der Waals surface area contributed by atoms with Gasteiger partial charge in [-0.3, -0.25) is 0 Å². The van der Waals surface area contributed by atoms with Gasteiger partial charge in [-0.1, -0.05) is 12.8 Å². The van der Waals surface area contributed by atoms with E-state index in [0.717, 1.165) is 30.0 Å². The Hall–Kier alpha value is -1.54. The molecular formula is C12H17N7S. The van der Waals surface area contributed by atoms with E-state index in [0.29, 0.717) is 17.7 Å². The second-order valence-corrected chi connectivity index (χ2v) is 5.79. The molecule has 1 saturated carbocycles. The fourth-order valence-electron chi connectivity index (χ4n) is 2.40. The molecule has 1 aliphatic rings. The molecule has 1 aliphatic carbocycles. The van der Waals surface area contributed by atoms with E-state index >= 15 is 0 Å². The third-order valence-electron chi connectivity index (χ3n) is 3.43. The summed E-state index contributed by atoms with van der Waals surface area (Å²) >= 11 is 1.41. The Kier molecular flexibility index (Phi) is 4.22. The third-order valence-corrected chi connectivity index (χ3v) is 4.28. The highest BCUT2D eigenvalue weighted by Gasteiger charge is 2.22. The van der Waals surface area contributed by atoms with Gasteiger partial charge in [0, 0.05) is 12.4 Å². The minimum Gasteiger partial charge on any atom is -0.330 e. The average Bonchev–Trinajstić information content (AvgIpc) is 3.12. The number of nitrogens with two attached hydrogens (primary N) is 1. The van der Waals surface area contributed by atoms with Crippen molar-refractivity contribution >= 4 is 11.8 Å². The van der Waals surface area contributed by atoms with Crippen LogP contribution in [0.25, 0.3) is 0 Å². The fraction of sp³-hybridized carbons (Fsp3) is 0.583. The van der Waals surface area contributed by atoms with Gasteiger partial charge in [0.25, 0.3) is 0 Å². The van der Waals surface area contributed by atoms with Crippen LogP contribution in [0.3, 0.4) is 0 Å². The summed E-state index contributed by atoms with van der Waals surface area (Å²) < 4.78 is 1.91. The van der Waals surface area contributed by atoms with E-state index in [-0.39, 0.29) is 0 Å². The molecule has 2 aromatic rings. The Morgan fingerprint density at radius 2 is 2.00 bits per heavy atom. The molecule has 0 atom stereocenters. The molecule has 0 aromatic carbocycles. The first-order valence-electron chi connectivity index (χ1n) is 6.83. The number of hydrogen-bond donors (Lipinski definition) is 1. The van der Waals surface area contributed by atoms with Crippen molar-refractivity contribution < 1.29 is 0 Å². The predicted molar refractivity (Wildman–Crippen MR) is 74.2 cm³/mol. The Morgan fingerprint density at radius 1 is 1.25 bits per heavy atom. The van der Waals surface area contributed by atoms with Crippen molar-refractivity contribution in [3.63, 3.8) is 0 Å². The molecule has 7 nitrogen and oxygen atoms in total. The Bertz CT molecular complexity index is 547. The first-order valence-corrected chi connectivity index (χ1v) is 7.65. The molecule has 0 saturated heterocycles. The molecule has 2 heterocycles. The Balaban J connectivity index is 1.72. The molecule has 0 aliphatic heterocycles. The van der Waals surface area contributed by atoms with Gasteiger partial charge in [-0.25, -0.2) is 14.6 Å². The van der Waals surface area contributed by atoms with Gasteiger partial charge in [-0.15, -0.1) is 5.10 Å². The van der Waals surface area contributed by atoms with E-state index in [1.54, 1.807) is 0 Å². The van der Waals surface area contributed by atoms with E-state index in [9.17, 15) is 0 Å². The lowest BCUT2D eigenvalue weighted by Gasteiger charge is -2.10. The molecule has 1 fully saturated rings. The van der Waals surface area contributed by atoms with Gasteiger partial charge in [0.15, 0.2) is 5.16 Å². The smallest absolute Gasteiger partial charge is 0.217 e. The molecule has 8 heteroatoms. The van der Waals surface area contributed by atoms with Gasteiger partial charge < -0.3 is 5.73 Å². The highest BCUT2D eigenvalue weighted by atomic mass is 32.2. The van der Waals surface area contributed by atoms with Crippen molar-refractivity contribution in [3.05, 3.63) is 18.0 Å². The van der Waals surface area contributed by atoms with Gasteiger partial charge >= 0.3 is 0 Å². The lowest BCUT2D eigenvalue weighted by Crippen LogP contribution is -2.08. The van der Waals surface area contributed by atoms with Crippen molar-refractivity contribution in [2.75, 3.05) is 6.54 Å². The van der Waals surface area contributed by atoms with Crippen LogP contribution in [0.2, 0.25) is 0 Å². The number of nitrogens with zero attached hydrogens (tertiary/aromatic N) is 6. The van der Waals surface area contributed by atoms with Gasteiger partial charge in [-0.2, -0.15) is 0 Å². The zero-order chi connectivity index (χ0) is 13.8. The second-order valence-electron chi connectivity index (χ2n) is 4.86.